The number of aliphatic carboxylic acids is 1. The largest absolute Gasteiger partial charge is 0.480 e. The van der Waals surface area contributed by atoms with Gasteiger partial charge in [-0.2, -0.15) is 0 Å². The van der Waals surface area contributed by atoms with Crippen LogP contribution in [0.3, 0.4) is 0 Å². The standard InChI is InChI=1S/C27H32F3N3O5/c1-2-27(29,30)16-32-9-7-17(8-10-32)15-38-24-6-4-19(13-31-24)18-3-5-21(22(28)11-18)25(35)33-14-20(34)12-23(33)26(36)37/h3-6,11,13,17,20,23,34H,2,7-10,12,14-16H2,1H3,(H,36,37). The molecule has 2 atom stereocenters. The van der Waals surface area contributed by atoms with Crippen LogP contribution in [-0.4, -0.2) is 87.7 Å². The maximum Gasteiger partial charge on any atom is 0.326 e. The lowest BCUT2D eigenvalue weighted by Crippen LogP contribution is -2.42. The number of carboxylic acid groups (broad SMARTS) is 1. The number of hydrogen-bond donors (Lipinski definition) is 2. The first-order chi connectivity index (χ1) is 18.1. The number of carbonyl (C=O) groups is 2. The lowest BCUT2D eigenvalue weighted by molar-refractivity contribution is -0.141. The third-order valence-corrected chi connectivity index (χ3v) is 7.24. The van der Waals surface area contributed by atoms with E-state index in [1.165, 1.54) is 25.3 Å². The van der Waals surface area contributed by atoms with Crippen LogP contribution in [0, 0.1) is 11.7 Å². The summed E-state index contributed by atoms with van der Waals surface area (Å²) in [5.41, 5.74) is 0.803. The summed E-state index contributed by atoms with van der Waals surface area (Å²) in [6.45, 7) is 2.75. The van der Waals surface area contributed by atoms with Crippen LogP contribution in [0.25, 0.3) is 11.1 Å². The van der Waals surface area contributed by atoms with Gasteiger partial charge in [0, 0.05) is 37.2 Å². The molecule has 0 radical (unpaired) electrons. The number of carbonyl (C=O) groups excluding carboxylic acids is 1. The summed E-state index contributed by atoms with van der Waals surface area (Å²) in [6, 6.07) is 6.20. The van der Waals surface area contributed by atoms with E-state index in [0.717, 1.165) is 17.7 Å². The van der Waals surface area contributed by atoms with E-state index in [1.54, 1.807) is 23.1 Å². The maximum atomic E-state index is 14.9. The van der Waals surface area contributed by atoms with Crippen molar-refractivity contribution in [3.8, 4) is 17.0 Å². The number of ether oxygens (including phenoxy) is 1. The highest BCUT2D eigenvalue weighted by atomic mass is 19.3. The zero-order valence-electron chi connectivity index (χ0n) is 21.2. The fourth-order valence-corrected chi connectivity index (χ4v) is 4.89. The number of benzene rings is 1. The minimum Gasteiger partial charge on any atom is -0.480 e. The quantitative estimate of drug-likeness (QED) is 0.505. The van der Waals surface area contributed by atoms with Gasteiger partial charge in [0.1, 0.15) is 11.9 Å². The van der Waals surface area contributed by atoms with Gasteiger partial charge in [-0.25, -0.2) is 22.9 Å². The molecular weight excluding hydrogens is 503 g/mol. The highest BCUT2D eigenvalue weighted by Crippen LogP contribution is 2.27. The molecule has 2 aliphatic heterocycles. The second-order valence-electron chi connectivity index (χ2n) is 10.0. The molecule has 38 heavy (non-hydrogen) atoms. The van der Waals surface area contributed by atoms with Gasteiger partial charge in [-0.15, -0.1) is 0 Å². The van der Waals surface area contributed by atoms with Crippen LogP contribution < -0.4 is 4.74 Å². The predicted molar refractivity (Wildman–Crippen MR) is 133 cm³/mol. The summed E-state index contributed by atoms with van der Waals surface area (Å²) in [5.74, 6) is -4.85. The fraction of sp³-hybridized carbons (Fsp3) is 0.519. The summed E-state index contributed by atoms with van der Waals surface area (Å²) in [6.07, 6.45) is 1.83. The van der Waals surface area contributed by atoms with Crippen molar-refractivity contribution in [1.29, 1.82) is 0 Å². The average Bonchev–Trinajstić information content (AvgIpc) is 3.30. The number of halogens is 3. The molecule has 2 N–H and O–H groups in total. The molecule has 0 saturated carbocycles. The van der Waals surface area contributed by atoms with E-state index in [4.69, 9.17) is 4.74 Å². The molecule has 11 heteroatoms. The average molecular weight is 536 g/mol. The van der Waals surface area contributed by atoms with Crippen molar-refractivity contribution in [2.45, 2.75) is 50.7 Å². The Labute approximate surface area is 219 Å². The summed E-state index contributed by atoms with van der Waals surface area (Å²) in [5, 5.41) is 19.1. The Morgan fingerprint density at radius 3 is 2.47 bits per heavy atom. The number of amides is 1. The van der Waals surface area contributed by atoms with Gasteiger partial charge in [-0.3, -0.25) is 9.69 Å². The van der Waals surface area contributed by atoms with Crippen LogP contribution >= 0.6 is 0 Å². The summed E-state index contributed by atoms with van der Waals surface area (Å²) >= 11 is 0. The molecule has 1 aromatic carbocycles. The van der Waals surface area contributed by atoms with Gasteiger partial charge < -0.3 is 19.8 Å². The number of alkyl halides is 2. The Balaban J connectivity index is 1.32. The lowest BCUT2D eigenvalue weighted by atomic mass is 9.97. The Kier molecular flexibility index (Phi) is 8.57. The van der Waals surface area contributed by atoms with Gasteiger partial charge in [-0.05, 0) is 55.6 Å². The fourth-order valence-electron chi connectivity index (χ4n) is 4.89. The molecule has 2 fully saturated rings. The number of pyridine rings is 1. The number of aliphatic hydroxyl groups is 1. The second-order valence-corrected chi connectivity index (χ2v) is 10.0. The summed E-state index contributed by atoms with van der Waals surface area (Å²) in [4.78, 5) is 31.2. The van der Waals surface area contributed by atoms with Crippen LogP contribution in [0.15, 0.2) is 36.5 Å². The molecule has 206 valence electrons. The monoisotopic (exact) mass is 535 g/mol. The zero-order valence-corrected chi connectivity index (χ0v) is 21.2. The van der Waals surface area contributed by atoms with Gasteiger partial charge in [-0.1, -0.05) is 13.0 Å². The Morgan fingerprint density at radius 2 is 1.87 bits per heavy atom. The van der Waals surface area contributed by atoms with Crippen molar-refractivity contribution in [2.75, 3.05) is 32.8 Å². The van der Waals surface area contributed by atoms with Crippen molar-refractivity contribution in [3.05, 3.63) is 47.9 Å². The van der Waals surface area contributed by atoms with E-state index in [1.807, 2.05) is 0 Å². The van der Waals surface area contributed by atoms with Gasteiger partial charge in [0.2, 0.25) is 5.88 Å². The molecule has 1 aromatic heterocycles. The van der Waals surface area contributed by atoms with Crippen molar-refractivity contribution < 1.29 is 37.7 Å². The number of rotatable bonds is 9. The number of aromatic nitrogens is 1. The van der Waals surface area contributed by atoms with E-state index in [2.05, 4.69) is 4.98 Å². The topological polar surface area (TPSA) is 103 Å². The minimum absolute atomic E-state index is 0.0993. The molecule has 3 heterocycles. The lowest BCUT2D eigenvalue weighted by Gasteiger charge is -2.33. The van der Waals surface area contributed by atoms with Crippen molar-refractivity contribution in [2.24, 2.45) is 5.92 Å². The van der Waals surface area contributed by atoms with Crippen molar-refractivity contribution >= 4 is 11.9 Å². The van der Waals surface area contributed by atoms with Gasteiger partial charge in [0.25, 0.3) is 11.8 Å². The second kappa shape index (κ2) is 11.7. The third-order valence-electron chi connectivity index (χ3n) is 7.24. The van der Waals surface area contributed by atoms with Gasteiger partial charge in [0.15, 0.2) is 0 Å². The Hall–Kier alpha value is -3.18. The van der Waals surface area contributed by atoms with E-state index < -0.39 is 35.8 Å². The first kappa shape index (κ1) is 27.8. The number of carboxylic acids is 1. The predicted octanol–water partition coefficient (Wildman–Crippen LogP) is 3.68. The highest BCUT2D eigenvalue weighted by Gasteiger charge is 2.40. The SMILES string of the molecule is CCC(F)(F)CN1CCC(COc2ccc(-c3ccc(C(=O)N4CC(O)CC4C(=O)O)c(F)c3)cn2)CC1. The van der Waals surface area contributed by atoms with Crippen LogP contribution in [0.2, 0.25) is 0 Å². The van der Waals surface area contributed by atoms with Crippen LogP contribution in [0.5, 0.6) is 5.88 Å². The van der Waals surface area contributed by atoms with E-state index >= 15 is 0 Å². The number of hydrogen-bond acceptors (Lipinski definition) is 6. The molecule has 4 rings (SSSR count). The molecule has 2 saturated heterocycles. The molecule has 0 bridgehead atoms. The molecule has 2 aromatic rings. The van der Waals surface area contributed by atoms with Gasteiger partial charge >= 0.3 is 5.97 Å². The molecule has 0 aliphatic carbocycles. The summed E-state index contributed by atoms with van der Waals surface area (Å²) < 4.78 is 47.9. The van der Waals surface area contributed by atoms with Crippen molar-refractivity contribution in [1.82, 2.24) is 14.8 Å². The summed E-state index contributed by atoms with van der Waals surface area (Å²) in [7, 11) is 0. The molecule has 2 aliphatic rings. The van der Waals surface area contributed by atoms with Crippen LogP contribution in [0.1, 0.15) is 43.0 Å². The number of aliphatic hydroxyl groups excluding tert-OH is 1. The van der Waals surface area contributed by atoms with Crippen LogP contribution in [0.4, 0.5) is 13.2 Å². The first-order valence-corrected chi connectivity index (χ1v) is 12.8. The zero-order chi connectivity index (χ0) is 27.4. The van der Waals surface area contributed by atoms with E-state index in [9.17, 15) is 33.0 Å². The maximum absolute atomic E-state index is 14.9. The first-order valence-electron chi connectivity index (χ1n) is 12.8. The number of likely N-dealkylation sites (tertiary alicyclic amines) is 2. The minimum atomic E-state index is -2.66. The smallest absolute Gasteiger partial charge is 0.326 e. The molecule has 8 nitrogen and oxygen atoms in total. The molecule has 0 spiro atoms. The number of piperidine rings is 1. The third kappa shape index (κ3) is 6.63. The number of nitrogens with zero attached hydrogens (tertiary/aromatic N) is 3. The van der Waals surface area contributed by atoms with E-state index in [0.29, 0.717) is 36.7 Å². The Morgan fingerprint density at radius 1 is 1.16 bits per heavy atom. The van der Waals surface area contributed by atoms with Crippen LogP contribution in [-0.2, 0) is 4.79 Å². The van der Waals surface area contributed by atoms with Gasteiger partial charge in [0.05, 0.1) is 24.8 Å². The van der Waals surface area contributed by atoms with Crippen molar-refractivity contribution in [3.63, 3.8) is 0 Å². The normalized spacial score (nSPS) is 21.0. The molecular formula is C27H32F3N3O5. The number of β-amino-alcohol motifs (C(OH)–C–C–N with tert-alkyl or cyclic N) is 1. The Bertz CT molecular complexity index is 1140. The highest BCUT2D eigenvalue weighted by molar-refractivity contribution is 5.97. The van der Waals surface area contributed by atoms with E-state index in [-0.39, 0.29) is 37.4 Å². The molecule has 2 unspecified atom stereocenters. The molecule has 1 amide bonds.